The van der Waals surface area contributed by atoms with Crippen LogP contribution in [0.25, 0.3) is 32.5 Å². The van der Waals surface area contributed by atoms with Gasteiger partial charge in [-0.1, -0.05) is 0 Å². The molecule has 1 aromatic carbocycles. The zero-order valence-corrected chi connectivity index (χ0v) is 22.6. The van der Waals surface area contributed by atoms with Crippen molar-refractivity contribution in [2.75, 3.05) is 14.2 Å². The number of H-pyrrole nitrogens is 1. The minimum Gasteiger partial charge on any atom is -0.502 e. The van der Waals surface area contributed by atoms with E-state index in [0.29, 0.717) is 37.1 Å². The van der Waals surface area contributed by atoms with E-state index in [1.165, 1.54) is 14.2 Å². The summed E-state index contributed by atoms with van der Waals surface area (Å²) in [7, 11) is 2.93. The van der Waals surface area contributed by atoms with E-state index in [-0.39, 0.29) is 30.1 Å². The van der Waals surface area contributed by atoms with Gasteiger partial charge in [0.25, 0.3) is 0 Å². The fourth-order valence-electron chi connectivity index (χ4n) is 4.01. The maximum absolute atomic E-state index is 10.9. The van der Waals surface area contributed by atoms with E-state index in [1.54, 1.807) is 34.8 Å². The third-order valence-corrected chi connectivity index (χ3v) is 8.20. The van der Waals surface area contributed by atoms with Gasteiger partial charge in [-0.2, -0.15) is 0 Å². The van der Waals surface area contributed by atoms with Crippen molar-refractivity contribution in [3.8, 4) is 49.8 Å². The van der Waals surface area contributed by atoms with Crippen molar-refractivity contribution in [2.24, 2.45) is 0 Å². The van der Waals surface area contributed by atoms with Crippen LogP contribution in [-0.4, -0.2) is 51.4 Å². The number of nitrogens with zero attached hydrogens (tertiary/aromatic N) is 1. The standard InChI is InChI=1S/C27H28N2O7S2/c1-35-18-13-15(14-19(36-2)26(18)34)27-28-24(20-11-9-16(37-20)5-3-7-22(30)31)25(29-27)21-12-10-17(38-21)6-4-8-23(32)33/h9-14,34H,3-8H2,1-2H3,(H,28,29)(H,30,31)(H,32,33). The number of carboxylic acids is 2. The van der Waals surface area contributed by atoms with Crippen LogP contribution >= 0.6 is 22.7 Å². The number of ether oxygens (including phenoxy) is 2. The summed E-state index contributed by atoms with van der Waals surface area (Å²) in [5, 5.41) is 28.2. The monoisotopic (exact) mass is 556 g/mol. The first kappa shape index (κ1) is 27.2. The third-order valence-electron chi connectivity index (χ3n) is 5.89. The average Bonchev–Trinajstić information content (AvgIpc) is 3.63. The highest BCUT2D eigenvalue weighted by Crippen LogP contribution is 2.43. The molecule has 4 rings (SSSR count). The van der Waals surface area contributed by atoms with Gasteiger partial charge in [-0.15, -0.1) is 22.7 Å². The predicted octanol–water partition coefficient (Wildman–Crippen LogP) is 6.07. The number of benzene rings is 1. The van der Waals surface area contributed by atoms with Crippen LogP contribution in [0.15, 0.2) is 36.4 Å². The molecule has 0 spiro atoms. The summed E-state index contributed by atoms with van der Waals surface area (Å²) in [5.41, 5.74) is 2.24. The number of aliphatic carboxylic acids is 2. The van der Waals surface area contributed by atoms with E-state index in [0.717, 1.165) is 30.9 Å². The van der Waals surface area contributed by atoms with Gasteiger partial charge in [-0.25, -0.2) is 4.98 Å². The Morgan fingerprint density at radius 2 is 1.39 bits per heavy atom. The average molecular weight is 557 g/mol. The van der Waals surface area contributed by atoms with Crippen LogP contribution < -0.4 is 9.47 Å². The minimum absolute atomic E-state index is 0.0979. The van der Waals surface area contributed by atoms with Crippen LogP contribution in [-0.2, 0) is 22.4 Å². The highest BCUT2D eigenvalue weighted by atomic mass is 32.1. The number of phenols is 1. The molecular formula is C27H28N2O7S2. The summed E-state index contributed by atoms with van der Waals surface area (Å²) in [5.74, 6) is -0.635. The highest BCUT2D eigenvalue weighted by Gasteiger charge is 2.21. The van der Waals surface area contributed by atoms with Crippen molar-refractivity contribution in [3.63, 3.8) is 0 Å². The van der Waals surface area contributed by atoms with Crippen LogP contribution in [0.1, 0.15) is 35.4 Å². The molecule has 0 radical (unpaired) electrons. The second-order valence-corrected chi connectivity index (χ2v) is 10.9. The van der Waals surface area contributed by atoms with Crippen molar-refractivity contribution in [1.82, 2.24) is 9.97 Å². The van der Waals surface area contributed by atoms with Gasteiger partial charge in [0, 0.05) is 28.2 Å². The van der Waals surface area contributed by atoms with E-state index in [4.69, 9.17) is 24.7 Å². The molecule has 200 valence electrons. The van der Waals surface area contributed by atoms with E-state index in [2.05, 4.69) is 4.98 Å². The molecule has 0 atom stereocenters. The first-order chi connectivity index (χ1) is 18.3. The number of aromatic nitrogens is 2. The number of hydrogen-bond donors (Lipinski definition) is 4. The van der Waals surface area contributed by atoms with Gasteiger partial charge in [0.1, 0.15) is 11.5 Å². The van der Waals surface area contributed by atoms with Crippen molar-refractivity contribution in [1.29, 1.82) is 0 Å². The van der Waals surface area contributed by atoms with Crippen LogP contribution in [0.5, 0.6) is 17.2 Å². The Balaban J connectivity index is 1.72. The summed E-state index contributed by atoms with van der Waals surface area (Å²) < 4.78 is 10.6. The number of hydrogen-bond acceptors (Lipinski definition) is 8. The molecule has 0 aliphatic carbocycles. The molecular weight excluding hydrogens is 528 g/mol. The maximum atomic E-state index is 10.9. The lowest BCUT2D eigenvalue weighted by Crippen LogP contribution is -1.94. The molecule has 0 fully saturated rings. The first-order valence-electron chi connectivity index (χ1n) is 12.0. The second-order valence-electron chi connectivity index (χ2n) is 8.56. The smallest absolute Gasteiger partial charge is 0.303 e. The lowest BCUT2D eigenvalue weighted by Gasteiger charge is -2.10. The molecule has 4 N–H and O–H groups in total. The number of phenolic OH excluding ortho intramolecular Hbond substituents is 1. The fraction of sp³-hybridized carbons (Fsp3) is 0.296. The van der Waals surface area contributed by atoms with Gasteiger partial charge < -0.3 is 29.8 Å². The third kappa shape index (κ3) is 6.35. The molecule has 0 saturated carbocycles. The number of aromatic amines is 1. The van der Waals surface area contributed by atoms with Crippen molar-refractivity contribution in [2.45, 2.75) is 38.5 Å². The Bertz CT molecular complexity index is 1340. The lowest BCUT2D eigenvalue weighted by molar-refractivity contribution is -0.138. The lowest BCUT2D eigenvalue weighted by atomic mass is 10.1. The molecule has 0 aliphatic heterocycles. The van der Waals surface area contributed by atoms with Crippen LogP contribution in [0.2, 0.25) is 0 Å². The van der Waals surface area contributed by atoms with Crippen molar-refractivity contribution in [3.05, 3.63) is 46.2 Å². The van der Waals surface area contributed by atoms with E-state index in [9.17, 15) is 14.7 Å². The molecule has 0 bridgehead atoms. The Kier molecular flexibility index (Phi) is 8.70. The maximum Gasteiger partial charge on any atom is 0.303 e. The first-order valence-corrected chi connectivity index (χ1v) is 13.6. The number of thiophene rings is 2. The number of methoxy groups -OCH3 is 2. The molecule has 4 aromatic rings. The predicted molar refractivity (Wildman–Crippen MR) is 147 cm³/mol. The Hall–Kier alpha value is -3.83. The van der Waals surface area contributed by atoms with Gasteiger partial charge in [-0.05, 0) is 62.1 Å². The topological polar surface area (TPSA) is 142 Å². The summed E-state index contributed by atoms with van der Waals surface area (Å²) in [6.07, 6.45) is 2.71. The molecule has 3 heterocycles. The van der Waals surface area contributed by atoms with Crippen LogP contribution in [0.3, 0.4) is 0 Å². The molecule has 0 unspecified atom stereocenters. The van der Waals surface area contributed by atoms with E-state index in [1.807, 2.05) is 24.3 Å². The zero-order valence-electron chi connectivity index (χ0n) is 20.9. The van der Waals surface area contributed by atoms with Gasteiger partial charge in [0.2, 0.25) is 5.75 Å². The summed E-state index contributed by atoms with van der Waals surface area (Å²) in [4.78, 5) is 34.2. The number of aromatic hydroxyl groups is 1. The van der Waals surface area contributed by atoms with Gasteiger partial charge in [-0.3, -0.25) is 9.59 Å². The molecule has 38 heavy (non-hydrogen) atoms. The Morgan fingerprint density at radius 3 is 1.92 bits per heavy atom. The quantitative estimate of drug-likeness (QED) is 0.155. The van der Waals surface area contributed by atoms with E-state index < -0.39 is 11.9 Å². The van der Waals surface area contributed by atoms with Gasteiger partial charge in [0.15, 0.2) is 11.5 Å². The Labute approximate surface area is 227 Å². The SMILES string of the molecule is COc1cc(-c2nc(-c3ccc(CCCC(=O)O)s3)c(-c3ccc(CCCC(=O)O)s3)[nH]2)cc(OC)c1O. The summed E-state index contributed by atoms with van der Waals surface area (Å²) >= 11 is 3.15. The summed E-state index contributed by atoms with van der Waals surface area (Å²) in [6.45, 7) is 0. The van der Waals surface area contributed by atoms with Gasteiger partial charge in [0.05, 0.1) is 29.7 Å². The number of imidazole rings is 1. The Morgan fingerprint density at radius 1 is 0.868 bits per heavy atom. The molecule has 0 amide bonds. The number of carboxylic acid groups (broad SMARTS) is 2. The fourth-order valence-corrected chi connectivity index (χ4v) is 6.11. The number of carbonyl (C=O) groups is 2. The van der Waals surface area contributed by atoms with Crippen molar-refractivity contribution < 1.29 is 34.4 Å². The number of rotatable bonds is 13. The number of aryl methyl sites for hydroxylation is 2. The normalized spacial score (nSPS) is 11.0. The number of nitrogens with one attached hydrogen (secondary N) is 1. The van der Waals surface area contributed by atoms with Gasteiger partial charge >= 0.3 is 11.9 Å². The van der Waals surface area contributed by atoms with Crippen LogP contribution in [0, 0.1) is 0 Å². The largest absolute Gasteiger partial charge is 0.502 e. The molecule has 9 nitrogen and oxygen atoms in total. The molecule has 0 saturated heterocycles. The summed E-state index contributed by atoms with van der Waals surface area (Å²) in [6, 6.07) is 11.4. The van der Waals surface area contributed by atoms with Crippen molar-refractivity contribution >= 4 is 34.6 Å². The minimum atomic E-state index is -0.808. The zero-order chi connectivity index (χ0) is 27.2. The second kappa shape index (κ2) is 12.1. The highest BCUT2D eigenvalue weighted by molar-refractivity contribution is 7.16. The molecule has 0 aliphatic rings. The molecule has 11 heteroatoms. The van der Waals surface area contributed by atoms with E-state index >= 15 is 0 Å². The molecule has 3 aromatic heterocycles. The van der Waals surface area contributed by atoms with Crippen LogP contribution in [0.4, 0.5) is 0 Å².